The number of aliphatic hydroxyl groups excluding tert-OH is 1. The molecular weight excluding hydrogens is 248 g/mol. The van der Waals surface area contributed by atoms with Crippen LogP contribution in [0.15, 0.2) is 12.1 Å². The lowest BCUT2D eigenvalue weighted by molar-refractivity contribution is -0.139. The monoisotopic (exact) mass is 268 g/mol. The largest absolute Gasteiger partial charge is 0.496 e. The SMILES string of the molecule is COc1cc(OCC(=O)O)c(C(O)C(C)C)cc1C. The molecule has 0 radical (unpaired) electrons. The zero-order chi connectivity index (χ0) is 14.6. The molecule has 0 saturated heterocycles. The Labute approximate surface area is 112 Å². The van der Waals surface area contributed by atoms with E-state index in [0.717, 1.165) is 5.56 Å². The summed E-state index contributed by atoms with van der Waals surface area (Å²) in [6, 6.07) is 3.37. The molecule has 2 N–H and O–H groups in total. The molecule has 106 valence electrons. The summed E-state index contributed by atoms with van der Waals surface area (Å²) in [5.74, 6) is -0.129. The van der Waals surface area contributed by atoms with Crippen molar-refractivity contribution in [3.8, 4) is 11.5 Å². The molecule has 0 aromatic heterocycles. The van der Waals surface area contributed by atoms with Crippen LogP contribution in [0.5, 0.6) is 11.5 Å². The van der Waals surface area contributed by atoms with Gasteiger partial charge in [-0.05, 0) is 24.5 Å². The fourth-order valence-electron chi connectivity index (χ4n) is 1.77. The number of carbonyl (C=O) groups is 1. The van der Waals surface area contributed by atoms with Crippen LogP contribution in [0.1, 0.15) is 31.1 Å². The number of carboxylic acid groups (broad SMARTS) is 1. The molecule has 0 amide bonds. The number of aryl methyl sites for hydroxylation is 1. The van der Waals surface area contributed by atoms with E-state index in [9.17, 15) is 9.90 Å². The van der Waals surface area contributed by atoms with Crippen molar-refractivity contribution in [3.63, 3.8) is 0 Å². The number of hydrogen-bond donors (Lipinski definition) is 2. The minimum Gasteiger partial charge on any atom is -0.496 e. The molecule has 0 heterocycles. The van der Waals surface area contributed by atoms with E-state index in [1.54, 1.807) is 12.1 Å². The Balaban J connectivity index is 3.18. The van der Waals surface area contributed by atoms with Gasteiger partial charge in [-0.2, -0.15) is 0 Å². The highest BCUT2D eigenvalue weighted by atomic mass is 16.5. The summed E-state index contributed by atoms with van der Waals surface area (Å²) in [6.07, 6.45) is -0.714. The zero-order valence-electron chi connectivity index (χ0n) is 11.6. The third-order valence-corrected chi connectivity index (χ3v) is 2.83. The maximum Gasteiger partial charge on any atom is 0.341 e. The first-order valence-corrected chi connectivity index (χ1v) is 6.08. The van der Waals surface area contributed by atoms with E-state index in [1.807, 2.05) is 20.8 Å². The predicted molar refractivity (Wildman–Crippen MR) is 70.7 cm³/mol. The van der Waals surface area contributed by atoms with Gasteiger partial charge in [-0.15, -0.1) is 0 Å². The Hall–Kier alpha value is -1.75. The first-order valence-electron chi connectivity index (χ1n) is 6.08. The van der Waals surface area contributed by atoms with E-state index >= 15 is 0 Å². The van der Waals surface area contributed by atoms with Crippen LogP contribution in [0.3, 0.4) is 0 Å². The molecule has 0 aliphatic rings. The second kappa shape index (κ2) is 6.43. The summed E-state index contributed by atoms with van der Waals surface area (Å²) < 4.78 is 10.4. The number of carboxylic acids is 1. The van der Waals surface area contributed by atoms with Crippen LogP contribution in [0.2, 0.25) is 0 Å². The average molecular weight is 268 g/mol. The number of ether oxygens (including phenoxy) is 2. The van der Waals surface area contributed by atoms with Crippen molar-refractivity contribution in [2.45, 2.75) is 26.9 Å². The Bertz CT molecular complexity index is 453. The second-order valence-corrected chi connectivity index (χ2v) is 4.73. The van der Waals surface area contributed by atoms with E-state index < -0.39 is 18.7 Å². The van der Waals surface area contributed by atoms with E-state index in [4.69, 9.17) is 14.6 Å². The van der Waals surface area contributed by atoms with Gasteiger partial charge in [-0.3, -0.25) is 0 Å². The van der Waals surface area contributed by atoms with Gasteiger partial charge in [-0.25, -0.2) is 4.79 Å². The van der Waals surface area contributed by atoms with Gasteiger partial charge in [0.15, 0.2) is 6.61 Å². The summed E-state index contributed by atoms with van der Waals surface area (Å²) in [5, 5.41) is 18.8. The fourth-order valence-corrected chi connectivity index (χ4v) is 1.77. The molecule has 0 bridgehead atoms. The van der Waals surface area contributed by atoms with Gasteiger partial charge in [0.1, 0.15) is 11.5 Å². The number of aliphatic carboxylic acids is 1. The number of methoxy groups -OCH3 is 1. The van der Waals surface area contributed by atoms with Crippen molar-refractivity contribution < 1.29 is 24.5 Å². The van der Waals surface area contributed by atoms with Crippen molar-refractivity contribution in [2.75, 3.05) is 13.7 Å². The van der Waals surface area contributed by atoms with Gasteiger partial charge >= 0.3 is 5.97 Å². The lowest BCUT2D eigenvalue weighted by atomic mass is 9.96. The number of rotatable bonds is 6. The normalized spacial score (nSPS) is 12.3. The quantitative estimate of drug-likeness (QED) is 0.826. The van der Waals surface area contributed by atoms with Crippen LogP contribution < -0.4 is 9.47 Å². The smallest absolute Gasteiger partial charge is 0.341 e. The first-order chi connectivity index (χ1) is 8.86. The van der Waals surface area contributed by atoms with Crippen LogP contribution in [0.25, 0.3) is 0 Å². The molecule has 0 fully saturated rings. The Kier molecular flexibility index (Phi) is 5.18. The van der Waals surface area contributed by atoms with Crippen molar-refractivity contribution in [3.05, 3.63) is 23.3 Å². The highest BCUT2D eigenvalue weighted by Crippen LogP contribution is 2.35. The fraction of sp³-hybridized carbons (Fsp3) is 0.500. The first kappa shape index (κ1) is 15.3. The van der Waals surface area contributed by atoms with Crippen molar-refractivity contribution in [1.29, 1.82) is 0 Å². The van der Waals surface area contributed by atoms with Crippen molar-refractivity contribution in [2.24, 2.45) is 5.92 Å². The number of aliphatic hydroxyl groups is 1. The van der Waals surface area contributed by atoms with Crippen LogP contribution in [0, 0.1) is 12.8 Å². The summed E-state index contributed by atoms with van der Waals surface area (Å²) in [4.78, 5) is 10.6. The van der Waals surface area contributed by atoms with Gasteiger partial charge < -0.3 is 19.7 Å². The maximum atomic E-state index is 10.6. The lowest BCUT2D eigenvalue weighted by Gasteiger charge is -2.20. The van der Waals surface area contributed by atoms with Crippen molar-refractivity contribution >= 4 is 5.97 Å². The van der Waals surface area contributed by atoms with Gasteiger partial charge in [0.25, 0.3) is 0 Å². The lowest BCUT2D eigenvalue weighted by Crippen LogP contribution is -2.13. The van der Waals surface area contributed by atoms with Crippen LogP contribution in [-0.2, 0) is 4.79 Å². The highest BCUT2D eigenvalue weighted by Gasteiger charge is 2.19. The molecule has 19 heavy (non-hydrogen) atoms. The molecule has 1 unspecified atom stereocenters. The average Bonchev–Trinajstić information content (AvgIpc) is 2.35. The van der Waals surface area contributed by atoms with E-state index in [1.165, 1.54) is 7.11 Å². The van der Waals surface area contributed by atoms with E-state index in [2.05, 4.69) is 0 Å². The molecule has 1 aromatic carbocycles. The Morgan fingerprint density at radius 1 is 1.32 bits per heavy atom. The molecule has 0 aliphatic carbocycles. The van der Waals surface area contributed by atoms with Gasteiger partial charge in [0.05, 0.1) is 13.2 Å². The third kappa shape index (κ3) is 3.86. The molecule has 5 nitrogen and oxygen atoms in total. The second-order valence-electron chi connectivity index (χ2n) is 4.73. The number of benzene rings is 1. The molecular formula is C14H20O5. The molecule has 0 saturated carbocycles. The summed E-state index contributed by atoms with van der Waals surface area (Å²) in [7, 11) is 1.53. The van der Waals surface area contributed by atoms with Gasteiger partial charge in [0, 0.05) is 11.6 Å². The Morgan fingerprint density at radius 3 is 2.42 bits per heavy atom. The molecule has 1 aromatic rings. The predicted octanol–water partition coefficient (Wildman–Crippen LogP) is 2.16. The van der Waals surface area contributed by atoms with E-state index in [0.29, 0.717) is 17.1 Å². The van der Waals surface area contributed by atoms with Crippen LogP contribution >= 0.6 is 0 Å². The highest BCUT2D eigenvalue weighted by molar-refractivity contribution is 5.68. The molecule has 0 aliphatic heterocycles. The standard InChI is InChI=1S/C14H20O5/c1-8(2)14(17)10-5-9(3)11(18-4)6-12(10)19-7-13(15)16/h5-6,8,14,17H,7H2,1-4H3,(H,15,16). The Morgan fingerprint density at radius 2 is 1.95 bits per heavy atom. The van der Waals surface area contributed by atoms with Gasteiger partial charge in [-0.1, -0.05) is 13.8 Å². The van der Waals surface area contributed by atoms with Crippen LogP contribution in [-0.4, -0.2) is 29.9 Å². The summed E-state index contributed by atoms with van der Waals surface area (Å²) in [6.45, 7) is 5.16. The molecule has 1 atom stereocenters. The minimum atomic E-state index is -1.07. The van der Waals surface area contributed by atoms with E-state index in [-0.39, 0.29) is 5.92 Å². The summed E-state index contributed by atoms with van der Waals surface area (Å²) >= 11 is 0. The van der Waals surface area contributed by atoms with Crippen LogP contribution in [0.4, 0.5) is 0 Å². The summed E-state index contributed by atoms with van der Waals surface area (Å²) in [5.41, 5.74) is 1.44. The maximum absolute atomic E-state index is 10.6. The molecule has 5 heteroatoms. The van der Waals surface area contributed by atoms with Gasteiger partial charge in [0.2, 0.25) is 0 Å². The topological polar surface area (TPSA) is 76.0 Å². The number of hydrogen-bond acceptors (Lipinski definition) is 4. The molecule has 0 spiro atoms. The zero-order valence-corrected chi connectivity index (χ0v) is 11.6. The third-order valence-electron chi connectivity index (χ3n) is 2.83. The van der Waals surface area contributed by atoms with Crippen molar-refractivity contribution in [1.82, 2.24) is 0 Å². The molecule has 1 rings (SSSR count). The minimum absolute atomic E-state index is 0.0000250.